The van der Waals surface area contributed by atoms with Crippen LogP contribution in [0.1, 0.15) is 57.9 Å². The van der Waals surface area contributed by atoms with Gasteiger partial charge in [0.2, 0.25) is 0 Å². The smallest absolute Gasteiger partial charge is 0.119 e. The van der Waals surface area contributed by atoms with Crippen LogP contribution in [0.3, 0.4) is 0 Å². The van der Waals surface area contributed by atoms with E-state index in [0.717, 1.165) is 31.4 Å². The van der Waals surface area contributed by atoms with Gasteiger partial charge >= 0.3 is 0 Å². The third-order valence-corrected chi connectivity index (χ3v) is 4.30. The van der Waals surface area contributed by atoms with Gasteiger partial charge in [-0.25, -0.2) is 0 Å². The van der Waals surface area contributed by atoms with E-state index in [0.29, 0.717) is 0 Å². The number of ether oxygens (including phenoxy) is 1. The first kappa shape index (κ1) is 15.4. The minimum atomic E-state index is 0.782. The monoisotopic (exact) mass is 275 g/mol. The van der Waals surface area contributed by atoms with Gasteiger partial charge in [-0.3, -0.25) is 4.90 Å². The average molecular weight is 275 g/mol. The molecule has 0 aliphatic carbocycles. The number of likely N-dealkylation sites (tertiary alicyclic amines) is 1. The van der Waals surface area contributed by atoms with Crippen molar-refractivity contribution in [3.8, 4) is 5.75 Å². The molecule has 1 aliphatic heterocycles. The molecule has 20 heavy (non-hydrogen) atoms. The van der Waals surface area contributed by atoms with Crippen molar-refractivity contribution in [2.45, 2.75) is 65.0 Å². The largest absolute Gasteiger partial charge is 0.494 e. The lowest BCUT2D eigenvalue weighted by atomic mass is 9.99. The summed E-state index contributed by atoms with van der Waals surface area (Å²) in [5.41, 5.74) is 1.41. The second kappa shape index (κ2) is 8.31. The van der Waals surface area contributed by atoms with Crippen molar-refractivity contribution in [2.24, 2.45) is 0 Å². The summed E-state index contributed by atoms with van der Waals surface area (Å²) < 4.78 is 5.72. The molecule has 1 heterocycles. The zero-order valence-corrected chi connectivity index (χ0v) is 13.1. The highest BCUT2D eigenvalue weighted by Crippen LogP contribution is 2.22. The Kier molecular flexibility index (Phi) is 6.38. The maximum atomic E-state index is 5.72. The fraction of sp³-hybridized carbons (Fsp3) is 0.667. The molecule has 0 radical (unpaired) electrons. The summed E-state index contributed by atoms with van der Waals surface area (Å²) in [5, 5.41) is 0. The Morgan fingerprint density at radius 3 is 2.65 bits per heavy atom. The van der Waals surface area contributed by atoms with E-state index < -0.39 is 0 Å². The number of hydrogen-bond donors (Lipinski definition) is 0. The van der Waals surface area contributed by atoms with E-state index in [4.69, 9.17) is 4.74 Å². The number of piperidine rings is 1. The highest BCUT2D eigenvalue weighted by molar-refractivity contribution is 5.27. The Hall–Kier alpha value is -1.02. The minimum Gasteiger partial charge on any atom is -0.494 e. The molecular weight excluding hydrogens is 246 g/mol. The number of rotatable bonds is 7. The SMILES string of the molecule is CCCCOc1ccc(CN2CCCC[C@H]2CC)cc1. The molecular formula is C18H29NO. The third-order valence-electron chi connectivity index (χ3n) is 4.30. The van der Waals surface area contributed by atoms with Crippen LogP contribution < -0.4 is 4.74 Å². The molecule has 0 aromatic heterocycles. The summed E-state index contributed by atoms with van der Waals surface area (Å²) >= 11 is 0. The van der Waals surface area contributed by atoms with Crippen LogP contribution in [0.25, 0.3) is 0 Å². The van der Waals surface area contributed by atoms with Crippen LogP contribution in [-0.2, 0) is 6.54 Å². The van der Waals surface area contributed by atoms with Crippen LogP contribution in [0.4, 0.5) is 0 Å². The zero-order valence-electron chi connectivity index (χ0n) is 13.1. The molecule has 2 rings (SSSR count). The van der Waals surface area contributed by atoms with E-state index in [1.807, 2.05) is 0 Å². The van der Waals surface area contributed by atoms with E-state index in [1.165, 1.54) is 44.2 Å². The van der Waals surface area contributed by atoms with Crippen molar-refractivity contribution in [1.29, 1.82) is 0 Å². The van der Waals surface area contributed by atoms with Gasteiger partial charge in [-0.2, -0.15) is 0 Å². The van der Waals surface area contributed by atoms with E-state index >= 15 is 0 Å². The van der Waals surface area contributed by atoms with Gasteiger partial charge in [0, 0.05) is 12.6 Å². The summed E-state index contributed by atoms with van der Waals surface area (Å²) in [7, 11) is 0. The summed E-state index contributed by atoms with van der Waals surface area (Å²) in [6.07, 6.45) is 7.72. The molecule has 0 spiro atoms. The van der Waals surface area contributed by atoms with Gasteiger partial charge in [0.25, 0.3) is 0 Å². The zero-order chi connectivity index (χ0) is 14.2. The maximum absolute atomic E-state index is 5.72. The van der Waals surface area contributed by atoms with Crippen LogP contribution >= 0.6 is 0 Å². The first-order valence-corrected chi connectivity index (χ1v) is 8.29. The van der Waals surface area contributed by atoms with Gasteiger partial charge in [-0.15, -0.1) is 0 Å². The Morgan fingerprint density at radius 1 is 1.15 bits per heavy atom. The predicted octanol–water partition coefficient (Wildman–Crippen LogP) is 4.63. The second-order valence-corrected chi connectivity index (χ2v) is 5.87. The predicted molar refractivity (Wildman–Crippen MR) is 85.2 cm³/mol. The van der Waals surface area contributed by atoms with Crippen LogP contribution in [0, 0.1) is 0 Å². The minimum absolute atomic E-state index is 0.782. The summed E-state index contributed by atoms with van der Waals surface area (Å²) in [4.78, 5) is 2.65. The molecule has 0 bridgehead atoms. The standard InChI is InChI=1S/C18H29NO/c1-3-5-14-20-18-11-9-16(10-12-18)15-19-13-7-6-8-17(19)4-2/h9-12,17H,3-8,13-15H2,1-2H3/t17-/m1/s1. The first-order valence-electron chi connectivity index (χ1n) is 8.29. The van der Waals surface area contributed by atoms with Crippen molar-refractivity contribution in [3.63, 3.8) is 0 Å². The van der Waals surface area contributed by atoms with Crippen molar-refractivity contribution in [2.75, 3.05) is 13.2 Å². The van der Waals surface area contributed by atoms with Gasteiger partial charge in [0.05, 0.1) is 6.61 Å². The highest BCUT2D eigenvalue weighted by atomic mass is 16.5. The normalized spacial score (nSPS) is 20.0. The summed E-state index contributed by atoms with van der Waals surface area (Å²) in [6.45, 7) is 7.68. The van der Waals surface area contributed by atoms with Gasteiger partial charge < -0.3 is 4.74 Å². The quantitative estimate of drug-likeness (QED) is 0.673. The first-order chi connectivity index (χ1) is 9.83. The molecule has 0 N–H and O–H groups in total. The van der Waals surface area contributed by atoms with E-state index in [9.17, 15) is 0 Å². The number of nitrogens with zero attached hydrogens (tertiary/aromatic N) is 1. The summed E-state index contributed by atoms with van der Waals surface area (Å²) in [5.74, 6) is 1.01. The molecule has 1 saturated heterocycles. The van der Waals surface area contributed by atoms with Crippen molar-refractivity contribution < 1.29 is 4.74 Å². The molecule has 0 amide bonds. The van der Waals surface area contributed by atoms with Crippen LogP contribution in [-0.4, -0.2) is 24.1 Å². The molecule has 1 fully saturated rings. The van der Waals surface area contributed by atoms with E-state index in [-0.39, 0.29) is 0 Å². The molecule has 2 nitrogen and oxygen atoms in total. The number of unbranched alkanes of at least 4 members (excludes halogenated alkanes) is 1. The molecule has 2 heteroatoms. The maximum Gasteiger partial charge on any atom is 0.119 e. The van der Waals surface area contributed by atoms with Gasteiger partial charge in [-0.05, 0) is 49.9 Å². The highest BCUT2D eigenvalue weighted by Gasteiger charge is 2.20. The second-order valence-electron chi connectivity index (χ2n) is 5.87. The fourth-order valence-corrected chi connectivity index (χ4v) is 2.99. The lowest BCUT2D eigenvalue weighted by Gasteiger charge is -2.35. The van der Waals surface area contributed by atoms with E-state index in [2.05, 4.69) is 43.0 Å². The van der Waals surface area contributed by atoms with Gasteiger partial charge in [-0.1, -0.05) is 38.8 Å². The Labute approximate surface area is 124 Å². The van der Waals surface area contributed by atoms with Crippen LogP contribution in [0.5, 0.6) is 5.75 Å². The topological polar surface area (TPSA) is 12.5 Å². The summed E-state index contributed by atoms with van der Waals surface area (Å²) in [6, 6.07) is 9.47. The fourth-order valence-electron chi connectivity index (χ4n) is 2.99. The lowest BCUT2D eigenvalue weighted by Crippen LogP contribution is -2.38. The number of hydrogen-bond acceptors (Lipinski definition) is 2. The molecule has 112 valence electrons. The lowest BCUT2D eigenvalue weighted by molar-refractivity contribution is 0.136. The third kappa shape index (κ3) is 4.52. The molecule has 0 saturated carbocycles. The molecule has 1 aromatic rings. The van der Waals surface area contributed by atoms with Gasteiger partial charge in [0.1, 0.15) is 5.75 Å². The van der Waals surface area contributed by atoms with Crippen molar-refractivity contribution >= 4 is 0 Å². The Balaban J connectivity index is 1.86. The van der Waals surface area contributed by atoms with Gasteiger partial charge in [0.15, 0.2) is 0 Å². The molecule has 0 unspecified atom stereocenters. The number of benzene rings is 1. The molecule has 1 aromatic carbocycles. The van der Waals surface area contributed by atoms with Crippen molar-refractivity contribution in [1.82, 2.24) is 4.90 Å². The van der Waals surface area contributed by atoms with Crippen LogP contribution in [0.2, 0.25) is 0 Å². The average Bonchev–Trinajstić information content (AvgIpc) is 2.50. The molecule has 1 atom stereocenters. The Morgan fingerprint density at radius 2 is 1.95 bits per heavy atom. The molecule has 1 aliphatic rings. The van der Waals surface area contributed by atoms with Crippen LogP contribution in [0.15, 0.2) is 24.3 Å². The van der Waals surface area contributed by atoms with Crippen molar-refractivity contribution in [3.05, 3.63) is 29.8 Å². The Bertz CT molecular complexity index is 374. The van der Waals surface area contributed by atoms with E-state index in [1.54, 1.807) is 0 Å².